The number of fused-ring (bicyclic) bond motifs is 1. The van der Waals surface area contributed by atoms with Crippen molar-refractivity contribution in [2.24, 2.45) is 0 Å². The van der Waals surface area contributed by atoms with Crippen LogP contribution in [0.3, 0.4) is 0 Å². The van der Waals surface area contributed by atoms with Crippen LogP contribution in [0.5, 0.6) is 5.75 Å². The maximum atomic E-state index is 12.5. The number of aromatic nitrogens is 3. The van der Waals surface area contributed by atoms with Gasteiger partial charge in [-0.2, -0.15) is 0 Å². The molecule has 3 aromatic rings. The first kappa shape index (κ1) is 10.5. The Hall–Kier alpha value is -2.63. The first-order chi connectivity index (χ1) is 8.81. The van der Waals surface area contributed by atoms with Crippen molar-refractivity contribution in [3.8, 4) is 16.9 Å². The molecule has 0 aliphatic carbocycles. The lowest BCUT2D eigenvalue weighted by molar-refractivity contribution is -0.00544. The van der Waals surface area contributed by atoms with Crippen LogP contribution < -0.4 is 10.7 Å². The quantitative estimate of drug-likeness (QED) is 0.726. The number of nitrogen functional groups attached to an aromatic ring is 1. The molecular formula is C12H9FN4O. The highest BCUT2D eigenvalue weighted by atomic mass is 19.3. The van der Waals surface area contributed by atoms with E-state index in [1.165, 1.54) is 12.4 Å². The first-order valence-electron chi connectivity index (χ1n) is 5.27. The van der Waals surface area contributed by atoms with Crippen LogP contribution in [0.2, 0.25) is 0 Å². The second kappa shape index (κ2) is 3.99. The summed E-state index contributed by atoms with van der Waals surface area (Å²) in [5.41, 5.74) is 7.72. The minimum atomic E-state index is 0.127. The Morgan fingerprint density at radius 3 is 2.83 bits per heavy atom. The molecule has 3 N–H and O–H groups in total. The van der Waals surface area contributed by atoms with Crippen LogP contribution >= 0.6 is 0 Å². The molecule has 1 aromatic carbocycles. The summed E-state index contributed by atoms with van der Waals surface area (Å²) >= 11 is 0. The van der Waals surface area contributed by atoms with Crippen LogP contribution in [-0.4, -0.2) is 15.0 Å². The van der Waals surface area contributed by atoms with Gasteiger partial charge in [-0.1, -0.05) is 18.2 Å². The predicted molar refractivity (Wildman–Crippen MR) is 65.5 cm³/mol. The molecule has 0 atom stereocenters. The number of nitrogens with two attached hydrogens (primary N) is 1. The standard InChI is InChI=1S/C12H9FN4O/c13-18-9-4-2-1-3-7(9)8-5-15-12-10(8)11(14)16-6-17-12/h1-6H,(H3,14,15,16,17). The number of benzene rings is 1. The summed E-state index contributed by atoms with van der Waals surface area (Å²) in [5, 5.41) is 0.655. The molecule has 0 fully saturated rings. The van der Waals surface area contributed by atoms with Crippen LogP contribution in [0.1, 0.15) is 0 Å². The molecular weight excluding hydrogens is 235 g/mol. The molecule has 0 radical (unpaired) electrons. The van der Waals surface area contributed by atoms with Gasteiger partial charge in [-0.15, -0.1) is 0 Å². The number of nitrogens with one attached hydrogen (secondary N) is 1. The Kier molecular flexibility index (Phi) is 2.33. The zero-order valence-electron chi connectivity index (χ0n) is 9.22. The third kappa shape index (κ3) is 1.46. The smallest absolute Gasteiger partial charge is 0.179 e. The summed E-state index contributed by atoms with van der Waals surface area (Å²) in [7, 11) is 0. The van der Waals surface area contributed by atoms with E-state index in [2.05, 4.69) is 19.9 Å². The Balaban J connectivity index is 2.32. The summed E-state index contributed by atoms with van der Waals surface area (Å²) in [5.74, 6) is 0.464. The number of para-hydroxylation sites is 1. The number of H-pyrrole nitrogens is 1. The monoisotopic (exact) mass is 244 g/mol. The molecule has 0 saturated heterocycles. The van der Waals surface area contributed by atoms with Gasteiger partial charge in [-0.05, 0) is 6.07 Å². The molecule has 0 bridgehead atoms. The molecule has 5 nitrogen and oxygen atoms in total. The van der Waals surface area contributed by atoms with Gasteiger partial charge in [0, 0.05) is 21.8 Å². The van der Waals surface area contributed by atoms with Crippen molar-refractivity contribution < 1.29 is 9.47 Å². The SMILES string of the molecule is Nc1ncnc2[nH]cc(-c3ccccc3OF)c12. The molecule has 2 heterocycles. The number of halogens is 1. The fraction of sp³-hybridized carbons (Fsp3) is 0. The van der Waals surface area contributed by atoms with E-state index in [0.717, 1.165) is 0 Å². The van der Waals surface area contributed by atoms with E-state index in [1.54, 1.807) is 24.4 Å². The molecule has 0 unspecified atom stereocenters. The average Bonchev–Trinajstić information content (AvgIpc) is 2.84. The third-order valence-electron chi connectivity index (χ3n) is 2.76. The number of rotatable bonds is 2. The van der Waals surface area contributed by atoms with Gasteiger partial charge < -0.3 is 10.7 Å². The fourth-order valence-electron chi connectivity index (χ4n) is 1.96. The van der Waals surface area contributed by atoms with Crippen molar-refractivity contribution in [2.45, 2.75) is 0 Å². The van der Waals surface area contributed by atoms with Crippen molar-refractivity contribution in [3.63, 3.8) is 0 Å². The van der Waals surface area contributed by atoms with Crippen molar-refractivity contribution in [3.05, 3.63) is 36.8 Å². The van der Waals surface area contributed by atoms with Crippen LogP contribution in [-0.2, 0) is 0 Å². The van der Waals surface area contributed by atoms with Gasteiger partial charge in [-0.25, -0.2) is 9.97 Å². The zero-order chi connectivity index (χ0) is 12.5. The summed E-state index contributed by atoms with van der Waals surface area (Å²) < 4.78 is 12.5. The molecule has 0 amide bonds. The van der Waals surface area contributed by atoms with Gasteiger partial charge in [0.2, 0.25) is 0 Å². The zero-order valence-corrected chi connectivity index (χ0v) is 9.22. The maximum absolute atomic E-state index is 12.5. The van der Waals surface area contributed by atoms with E-state index >= 15 is 0 Å². The summed E-state index contributed by atoms with van der Waals surface area (Å²) in [6.07, 6.45) is 3.07. The molecule has 18 heavy (non-hydrogen) atoms. The van der Waals surface area contributed by atoms with Crippen molar-refractivity contribution in [2.75, 3.05) is 5.73 Å². The predicted octanol–water partition coefficient (Wildman–Crippen LogP) is 2.47. The van der Waals surface area contributed by atoms with Gasteiger partial charge in [0.15, 0.2) is 5.75 Å². The Bertz CT molecular complexity index is 710. The van der Waals surface area contributed by atoms with E-state index in [9.17, 15) is 4.53 Å². The Labute approximate surface area is 101 Å². The molecule has 90 valence electrons. The van der Waals surface area contributed by atoms with E-state index < -0.39 is 0 Å². The Morgan fingerprint density at radius 1 is 1.17 bits per heavy atom. The van der Waals surface area contributed by atoms with Crippen molar-refractivity contribution in [1.29, 1.82) is 0 Å². The molecule has 6 heteroatoms. The van der Waals surface area contributed by atoms with Gasteiger partial charge in [0.25, 0.3) is 0 Å². The number of hydrogen-bond donors (Lipinski definition) is 2. The molecule has 2 aromatic heterocycles. The van der Waals surface area contributed by atoms with Crippen LogP contribution in [0.25, 0.3) is 22.2 Å². The van der Waals surface area contributed by atoms with E-state index in [4.69, 9.17) is 5.73 Å². The number of aromatic amines is 1. The van der Waals surface area contributed by atoms with Crippen LogP contribution in [0.4, 0.5) is 10.3 Å². The first-order valence-corrected chi connectivity index (χ1v) is 5.27. The van der Waals surface area contributed by atoms with Crippen molar-refractivity contribution in [1.82, 2.24) is 15.0 Å². The van der Waals surface area contributed by atoms with Crippen molar-refractivity contribution >= 4 is 16.9 Å². The van der Waals surface area contributed by atoms with Crippen LogP contribution in [0, 0.1) is 0 Å². The van der Waals surface area contributed by atoms with E-state index in [-0.39, 0.29) is 5.75 Å². The highest BCUT2D eigenvalue weighted by Gasteiger charge is 2.14. The molecule has 0 aliphatic rings. The average molecular weight is 244 g/mol. The van der Waals surface area contributed by atoms with E-state index in [1.807, 2.05) is 0 Å². The van der Waals surface area contributed by atoms with Crippen LogP contribution in [0.15, 0.2) is 36.8 Å². The molecule has 0 saturated carbocycles. The molecule has 3 rings (SSSR count). The normalized spacial score (nSPS) is 10.7. The van der Waals surface area contributed by atoms with E-state index in [0.29, 0.717) is 28.0 Å². The number of nitrogens with zero attached hydrogens (tertiary/aromatic N) is 2. The third-order valence-corrected chi connectivity index (χ3v) is 2.76. The lowest BCUT2D eigenvalue weighted by Gasteiger charge is -2.04. The molecule has 0 aliphatic heterocycles. The number of anilines is 1. The lowest BCUT2D eigenvalue weighted by Crippen LogP contribution is -1.92. The lowest BCUT2D eigenvalue weighted by atomic mass is 10.1. The summed E-state index contributed by atoms with van der Waals surface area (Å²) in [4.78, 5) is 14.8. The highest BCUT2D eigenvalue weighted by Crippen LogP contribution is 2.36. The molecule has 0 spiro atoms. The minimum Gasteiger partial charge on any atom is -0.383 e. The fourth-order valence-corrected chi connectivity index (χ4v) is 1.96. The van der Waals surface area contributed by atoms with Gasteiger partial charge in [0.05, 0.1) is 5.39 Å². The summed E-state index contributed by atoms with van der Waals surface area (Å²) in [6, 6.07) is 6.75. The largest absolute Gasteiger partial charge is 0.383 e. The Morgan fingerprint density at radius 2 is 2.00 bits per heavy atom. The highest BCUT2D eigenvalue weighted by molar-refractivity contribution is 6.01. The van der Waals surface area contributed by atoms with Gasteiger partial charge >= 0.3 is 0 Å². The second-order valence-corrected chi connectivity index (χ2v) is 3.76. The second-order valence-electron chi connectivity index (χ2n) is 3.76. The topological polar surface area (TPSA) is 76.8 Å². The minimum absolute atomic E-state index is 0.127. The van der Waals surface area contributed by atoms with Gasteiger partial charge in [-0.3, -0.25) is 4.94 Å². The summed E-state index contributed by atoms with van der Waals surface area (Å²) in [6.45, 7) is 0. The number of hydrogen-bond acceptors (Lipinski definition) is 4. The maximum Gasteiger partial charge on any atom is 0.179 e. The van der Waals surface area contributed by atoms with Gasteiger partial charge in [0.1, 0.15) is 17.8 Å².